The molecule has 1 atom stereocenters. The summed E-state index contributed by atoms with van der Waals surface area (Å²) in [7, 11) is 0. The van der Waals surface area contributed by atoms with Crippen LogP contribution in [0.4, 0.5) is 5.69 Å². The molecule has 4 rings (SSSR count). The zero-order valence-corrected chi connectivity index (χ0v) is 16.1. The van der Waals surface area contributed by atoms with Crippen LogP contribution in [0.5, 0.6) is 0 Å². The predicted octanol–water partition coefficient (Wildman–Crippen LogP) is 5.79. The van der Waals surface area contributed by atoms with E-state index in [2.05, 4.69) is 47.8 Å². The average molecular weight is 396 g/mol. The lowest BCUT2D eigenvalue weighted by molar-refractivity contribution is -0.133. The van der Waals surface area contributed by atoms with E-state index in [1.54, 1.807) is 0 Å². The highest BCUT2D eigenvalue weighted by atomic mass is 35.5. The fourth-order valence-electron chi connectivity index (χ4n) is 3.31. The fraction of sp³-hybridized carbons (Fsp3) is 0.136. The second kappa shape index (κ2) is 7.67. The first-order valence-corrected chi connectivity index (χ1v) is 10.1. The number of aliphatic carboxylic acids is 1. The second-order valence-electron chi connectivity index (χ2n) is 6.47. The first kappa shape index (κ1) is 18.0. The number of thioether (sulfide) groups is 1. The molecule has 0 fully saturated rings. The van der Waals surface area contributed by atoms with Crippen LogP contribution >= 0.6 is 23.4 Å². The number of benzene rings is 3. The van der Waals surface area contributed by atoms with Gasteiger partial charge < -0.3 is 10.4 Å². The van der Waals surface area contributed by atoms with Crippen LogP contribution in [0.2, 0.25) is 5.02 Å². The molecule has 0 saturated heterocycles. The molecule has 0 aromatic heterocycles. The van der Waals surface area contributed by atoms with E-state index in [4.69, 9.17) is 16.7 Å². The number of hydrogen-bond donors (Lipinski definition) is 2. The summed E-state index contributed by atoms with van der Waals surface area (Å²) in [6, 6.07) is 22.7. The number of anilines is 1. The van der Waals surface area contributed by atoms with Crippen LogP contribution in [0.1, 0.15) is 5.56 Å². The van der Waals surface area contributed by atoms with Gasteiger partial charge in [-0.2, -0.15) is 0 Å². The van der Waals surface area contributed by atoms with Gasteiger partial charge in [-0.05, 0) is 34.4 Å². The lowest BCUT2D eigenvalue weighted by Gasteiger charge is -2.10. The van der Waals surface area contributed by atoms with E-state index >= 15 is 0 Å². The summed E-state index contributed by atoms with van der Waals surface area (Å²) in [5.74, 6) is -0.706. The van der Waals surface area contributed by atoms with Crippen LogP contribution in [0, 0.1) is 0 Å². The minimum Gasteiger partial charge on any atom is -0.481 e. The average Bonchev–Trinajstić information content (AvgIpc) is 3.08. The molecule has 1 heterocycles. The van der Waals surface area contributed by atoms with Crippen molar-refractivity contribution in [3.63, 3.8) is 0 Å². The molecule has 0 amide bonds. The van der Waals surface area contributed by atoms with Gasteiger partial charge in [0.15, 0.2) is 0 Å². The van der Waals surface area contributed by atoms with Crippen LogP contribution in [0.3, 0.4) is 0 Å². The first-order chi connectivity index (χ1) is 13.1. The maximum atomic E-state index is 10.8. The molecule has 2 N–H and O–H groups in total. The number of nitrogens with one attached hydrogen (secondary N) is 1. The Morgan fingerprint density at radius 1 is 1.04 bits per heavy atom. The molecule has 0 radical (unpaired) electrons. The van der Waals surface area contributed by atoms with Crippen molar-refractivity contribution < 1.29 is 9.90 Å². The maximum Gasteiger partial charge on any atom is 0.313 e. The number of carbonyl (C=O) groups is 1. The van der Waals surface area contributed by atoms with Gasteiger partial charge in [0.1, 0.15) is 0 Å². The monoisotopic (exact) mass is 395 g/mol. The largest absolute Gasteiger partial charge is 0.481 e. The summed E-state index contributed by atoms with van der Waals surface area (Å²) in [4.78, 5) is 10.8. The normalized spacial score (nSPS) is 15.2. The predicted molar refractivity (Wildman–Crippen MR) is 114 cm³/mol. The number of hydrogen-bond acceptors (Lipinski definition) is 3. The van der Waals surface area contributed by atoms with Crippen LogP contribution < -0.4 is 5.32 Å². The number of rotatable bonds is 5. The van der Waals surface area contributed by atoms with E-state index in [1.807, 2.05) is 24.3 Å². The van der Waals surface area contributed by atoms with E-state index in [0.29, 0.717) is 5.02 Å². The Bertz CT molecular complexity index is 974. The molecule has 3 aromatic carbocycles. The van der Waals surface area contributed by atoms with Gasteiger partial charge in [-0.1, -0.05) is 66.2 Å². The molecule has 0 aliphatic carbocycles. The van der Waals surface area contributed by atoms with Gasteiger partial charge in [0, 0.05) is 17.7 Å². The van der Waals surface area contributed by atoms with Gasteiger partial charge in [0.05, 0.1) is 16.1 Å². The fourth-order valence-corrected chi connectivity index (χ4v) is 4.44. The highest BCUT2D eigenvalue weighted by Gasteiger charge is 2.23. The third kappa shape index (κ3) is 3.97. The molecule has 136 valence electrons. The minimum absolute atomic E-state index is 0.0721. The van der Waals surface area contributed by atoms with Gasteiger partial charge >= 0.3 is 5.97 Å². The Labute approximate surface area is 167 Å². The SMILES string of the molecule is O=C(O)CSC1Cc2cc(-c3ccc(-c4ccccc4)cc3)c(Cl)cc2N1. The van der Waals surface area contributed by atoms with Crippen LogP contribution in [-0.2, 0) is 11.2 Å². The topological polar surface area (TPSA) is 49.3 Å². The Kier molecular flexibility index (Phi) is 5.10. The summed E-state index contributed by atoms with van der Waals surface area (Å²) in [6.45, 7) is 0. The van der Waals surface area contributed by atoms with Crippen LogP contribution in [0.15, 0.2) is 66.7 Å². The smallest absolute Gasteiger partial charge is 0.313 e. The number of fused-ring (bicyclic) bond motifs is 1. The van der Waals surface area contributed by atoms with E-state index in [1.165, 1.54) is 28.5 Å². The van der Waals surface area contributed by atoms with E-state index in [9.17, 15) is 4.79 Å². The molecule has 1 unspecified atom stereocenters. The molecular formula is C22H18ClNO2S. The van der Waals surface area contributed by atoms with Gasteiger partial charge in [-0.3, -0.25) is 4.79 Å². The summed E-state index contributed by atoms with van der Waals surface area (Å²) >= 11 is 7.94. The molecular weight excluding hydrogens is 378 g/mol. The third-order valence-corrected chi connectivity index (χ3v) is 6.04. The van der Waals surface area contributed by atoms with E-state index in [0.717, 1.165) is 23.2 Å². The van der Waals surface area contributed by atoms with Gasteiger partial charge in [0.2, 0.25) is 0 Å². The summed E-state index contributed by atoms with van der Waals surface area (Å²) < 4.78 is 0. The van der Waals surface area contributed by atoms with Crippen molar-refractivity contribution in [3.05, 3.63) is 77.3 Å². The number of carboxylic acid groups (broad SMARTS) is 1. The van der Waals surface area contributed by atoms with Crippen molar-refractivity contribution in [3.8, 4) is 22.3 Å². The molecule has 0 spiro atoms. The number of carboxylic acids is 1. The van der Waals surface area contributed by atoms with E-state index < -0.39 is 5.97 Å². The van der Waals surface area contributed by atoms with Crippen molar-refractivity contribution in [1.29, 1.82) is 0 Å². The summed E-state index contributed by atoms with van der Waals surface area (Å²) in [6.07, 6.45) is 0.791. The molecule has 5 heteroatoms. The standard InChI is InChI=1S/C22H18ClNO2S/c23-19-12-20-17(11-21(24-20)27-13-22(25)26)10-18(19)16-8-6-15(7-9-16)14-4-2-1-3-5-14/h1-10,12,21,24H,11,13H2,(H,25,26). The van der Waals surface area contributed by atoms with Crippen LogP contribution in [0.25, 0.3) is 22.3 Å². The highest BCUT2D eigenvalue weighted by molar-refractivity contribution is 8.00. The quantitative estimate of drug-likeness (QED) is 0.574. The maximum absolute atomic E-state index is 10.8. The Balaban J connectivity index is 1.57. The molecule has 1 aliphatic heterocycles. The van der Waals surface area contributed by atoms with Crippen molar-refractivity contribution in [2.24, 2.45) is 0 Å². The zero-order chi connectivity index (χ0) is 18.8. The summed E-state index contributed by atoms with van der Waals surface area (Å²) in [5, 5.41) is 13.0. The Hall–Kier alpha value is -2.43. The molecule has 1 aliphatic rings. The molecule has 0 saturated carbocycles. The third-order valence-electron chi connectivity index (χ3n) is 4.63. The van der Waals surface area contributed by atoms with Crippen molar-refractivity contribution >= 4 is 35.0 Å². The molecule has 0 bridgehead atoms. The molecule has 3 aromatic rings. The van der Waals surface area contributed by atoms with Crippen molar-refractivity contribution in [2.45, 2.75) is 11.8 Å². The van der Waals surface area contributed by atoms with Crippen LogP contribution in [-0.4, -0.2) is 22.2 Å². The molecule has 3 nitrogen and oxygen atoms in total. The minimum atomic E-state index is -0.796. The second-order valence-corrected chi connectivity index (χ2v) is 8.07. The highest BCUT2D eigenvalue weighted by Crippen LogP contribution is 2.39. The Morgan fingerprint density at radius 3 is 2.41 bits per heavy atom. The molecule has 27 heavy (non-hydrogen) atoms. The number of halogens is 1. The van der Waals surface area contributed by atoms with Crippen molar-refractivity contribution in [1.82, 2.24) is 0 Å². The summed E-state index contributed by atoms with van der Waals surface area (Å²) in [5.41, 5.74) is 6.59. The van der Waals surface area contributed by atoms with Gasteiger partial charge in [-0.25, -0.2) is 0 Å². The van der Waals surface area contributed by atoms with Crippen molar-refractivity contribution in [2.75, 3.05) is 11.1 Å². The lowest BCUT2D eigenvalue weighted by atomic mass is 9.98. The lowest BCUT2D eigenvalue weighted by Crippen LogP contribution is -2.13. The Morgan fingerprint density at radius 2 is 1.70 bits per heavy atom. The van der Waals surface area contributed by atoms with E-state index in [-0.39, 0.29) is 11.1 Å². The van der Waals surface area contributed by atoms with Gasteiger partial charge in [-0.15, -0.1) is 11.8 Å². The first-order valence-electron chi connectivity index (χ1n) is 8.68. The zero-order valence-electron chi connectivity index (χ0n) is 14.5. The van der Waals surface area contributed by atoms with Gasteiger partial charge in [0.25, 0.3) is 0 Å².